The Labute approximate surface area is 185 Å². The van der Waals surface area contributed by atoms with Crippen molar-refractivity contribution < 1.29 is 22.7 Å². The summed E-state index contributed by atoms with van der Waals surface area (Å²) in [6.07, 6.45) is -4.54. The first-order valence-electron chi connectivity index (χ1n) is 9.67. The van der Waals surface area contributed by atoms with E-state index >= 15 is 0 Å². The van der Waals surface area contributed by atoms with Crippen LogP contribution in [0.25, 0.3) is 11.4 Å². The monoisotopic (exact) mass is 466 g/mol. The largest absolute Gasteiger partial charge is 0.416 e. The minimum Gasteiger partial charge on any atom is -0.378 e. The van der Waals surface area contributed by atoms with Crippen molar-refractivity contribution in [3.8, 4) is 11.4 Å². The molecule has 0 spiro atoms. The molecule has 0 unspecified atom stereocenters. The highest BCUT2D eigenvalue weighted by Crippen LogP contribution is 2.35. The number of carbonyl (C=O) groups excluding carboxylic acids is 1. The van der Waals surface area contributed by atoms with E-state index in [0.717, 1.165) is 16.9 Å². The Bertz CT molecular complexity index is 1110. The molecule has 0 aliphatic carbocycles. The van der Waals surface area contributed by atoms with Gasteiger partial charge in [0.2, 0.25) is 11.7 Å². The predicted molar refractivity (Wildman–Crippen MR) is 111 cm³/mol. The van der Waals surface area contributed by atoms with Gasteiger partial charge < -0.3 is 15.0 Å². The number of morpholine rings is 1. The third kappa shape index (κ3) is 5.17. The van der Waals surface area contributed by atoms with Gasteiger partial charge in [0.15, 0.2) is 0 Å². The van der Waals surface area contributed by atoms with Crippen LogP contribution in [0.15, 0.2) is 42.5 Å². The summed E-state index contributed by atoms with van der Waals surface area (Å²) in [5.74, 6) is -0.317. The zero-order chi connectivity index (χ0) is 22.7. The summed E-state index contributed by atoms with van der Waals surface area (Å²) in [6.45, 7) is 1.57. The fourth-order valence-corrected chi connectivity index (χ4v) is 3.45. The molecule has 1 fully saturated rings. The van der Waals surface area contributed by atoms with Crippen molar-refractivity contribution in [1.82, 2.24) is 20.2 Å². The smallest absolute Gasteiger partial charge is 0.378 e. The number of hydrogen-bond acceptors (Lipinski definition) is 6. The van der Waals surface area contributed by atoms with Crippen LogP contribution in [-0.2, 0) is 22.3 Å². The van der Waals surface area contributed by atoms with Crippen molar-refractivity contribution in [1.29, 1.82) is 0 Å². The van der Waals surface area contributed by atoms with Crippen LogP contribution >= 0.6 is 11.6 Å². The van der Waals surface area contributed by atoms with E-state index in [1.54, 1.807) is 24.3 Å². The minimum atomic E-state index is -4.54. The Morgan fingerprint density at radius 2 is 1.94 bits per heavy atom. The first kappa shape index (κ1) is 22.0. The highest BCUT2D eigenvalue weighted by atomic mass is 35.5. The van der Waals surface area contributed by atoms with Gasteiger partial charge in [0.25, 0.3) is 0 Å². The quantitative estimate of drug-likeness (QED) is 0.619. The van der Waals surface area contributed by atoms with Crippen molar-refractivity contribution in [2.75, 3.05) is 36.5 Å². The van der Waals surface area contributed by atoms with Crippen LogP contribution in [0.1, 0.15) is 5.56 Å². The van der Waals surface area contributed by atoms with E-state index in [1.807, 2.05) is 4.90 Å². The maximum absolute atomic E-state index is 13.2. The van der Waals surface area contributed by atoms with Crippen molar-refractivity contribution in [3.63, 3.8) is 0 Å². The number of tetrazole rings is 1. The first-order chi connectivity index (χ1) is 15.3. The second-order valence-corrected chi connectivity index (χ2v) is 7.47. The summed E-state index contributed by atoms with van der Waals surface area (Å²) in [5.41, 5.74) is 0.311. The lowest BCUT2D eigenvalue weighted by molar-refractivity contribution is -0.137. The Hall–Kier alpha value is -3.18. The molecule has 0 radical (unpaired) electrons. The summed E-state index contributed by atoms with van der Waals surface area (Å²) in [6, 6.07) is 10.1. The van der Waals surface area contributed by atoms with Crippen LogP contribution in [0, 0.1) is 0 Å². The normalized spacial score (nSPS) is 14.4. The Morgan fingerprint density at radius 1 is 1.16 bits per heavy atom. The molecule has 168 valence electrons. The number of aromatic nitrogens is 4. The van der Waals surface area contributed by atoms with E-state index in [4.69, 9.17) is 16.3 Å². The summed E-state index contributed by atoms with van der Waals surface area (Å²) in [5, 5.41) is 14.9. The Balaban J connectivity index is 1.53. The van der Waals surface area contributed by atoms with Crippen LogP contribution in [0.3, 0.4) is 0 Å². The molecular weight excluding hydrogens is 449 g/mol. The number of benzene rings is 2. The molecule has 1 aromatic heterocycles. The first-order valence-corrected chi connectivity index (χ1v) is 10.0. The minimum absolute atomic E-state index is 0.0573. The molecule has 1 saturated heterocycles. The molecule has 0 atom stereocenters. The van der Waals surface area contributed by atoms with Crippen LogP contribution in [0.5, 0.6) is 0 Å². The molecule has 1 amide bonds. The number of alkyl halides is 3. The maximum Gasteiger partial charge on any atom is 0.416 e. The van der Waals surface area contributed by atoms with E-state index in [2.05, 4.69) is 20.7 Å². The van der Waals surface area contributed by atoms with Gasteiger partial charge in [-0.25, -0.2) is 0 Å². The van der Waals surface area contributed by atoms with Gasteiger partial charge in [-0.05, 0) is 35.5 Å². The van der Waals surface area contributed by atoms with E-state index in [9.17, 15) is 18.0 Å². The molecule has 0 bridgehead atoms. The molecule has 4 rings (SSSR count). The van der Waals surface area contributed by atoms with Crippen molar-refractivity contribution in [2.45, 2.75) is 12.7 Å². The number of rotatable bonds is 5. The lowest BCUT2D eigenvalue weighted by Gasteiger charge is -2.31. The van der Waals surface area contributed by atoms with Crippen LogP contribution in [0.2, 0.25) is 5.02 Å². The average Bonchev–Trinajstić information content (AvgIpc) is 3.22. The van der Waals surface area contributed by atoms with Gasteiger partial charge in [-0.2, -0.15) is 18.0 Å². The van der Waals surface area contributed by atoms with E-state index in [-0.39, 0.29) is 18.1 Å². The molecule has 12 heteroatoms. The lowest BCUT2D eigenvalue weighted by atomic mass is 10.1. The third-order valence-corrected chi connectivity index (χ3v) is 5.01. The van der Waals surface area contributed by atoms with Gasteiger partial charge >= 0.3 is 6.18 Å². The Kier molecular flexibility index (Phi) is 6.28. The number of anilines is 2. The summed E-state index contributed by atoms with van der Waals surface area (Å²) < 4.78 is 45.0. The van der Waals surface area contributed by atoms with Gasteiger partial charge in [0.1, 0.15) is 6.54 Å². The number of ether oxygens (including phenoxy) is 1. The second kappa shape index (κ2) is 9.13. The van der Waals surface area contributed by atoms with Crippen LogP contribution < -0.4 is 10.2 Å². The van der Waals surface area contributed by atoms with Gasteiger partial charge in [-0.15, -0.1) is 10.2 Å². The zero-order valence-electron chi connectivity index (χ0n) is 16.6. The van der Waals surface area contributed by atoms with Crippen LogP contribution in [0.4, 0.5) is 24.5 Å². The molecular formula is C20H18ClF3N6O2. The molecule has 3 aromatic rings. The zero-order valence-corrected chi connectivity index (χ0v) is 17.4. The molecule has 32 heavy (non-hydrogen) atoms. The standard InChI is InChI=1S/C20H18ClF3N6O2/c21-15-3-1-2-13(10-15)19-26-28-30(27-19)12-18(31)25-16-11-14(20(22,23)24)4-5-17(16)29-6-8-32-9-7-29/h1-5,10-11H,6-9,12H2,(H,25,31). The second-order valence-electron chi connectivity index (χ2n) is 7.03. The number of nitrogens with one attached hydrogen (secondary N) is 1. The maximum atomic E-state index is 13.2. The lowest BCUT2D eigenvalue weighted by Crippen LogP contribution is -2.37. The number of nitrogens with zero attached hydrogens (tertiary/aromatic N) is 5. The van der Waals surface area contributed by atoms with Gasteiger partial charge in [-0.1, -0.05) is 23.7 Å². The van der Waals surface area contributed by atoms with Crippen LogP contribution in [-0.4, -0.2) is 52.4 Å². The number of hydrogen-bond donors (Lipinski definition) is 1. The fourth-order valence-electron chi connectivity index (χ4n) is 3.26. The third-order valence-electron chi connectivity index (χ3n) is 4.77. The van der Waals surface area contributed by atoms with E-state index in [0.29, 0.717) is 42.6 Å². The number of amides is 1. The molecule has 1 aliphatic heterocycles. The fraction of sp³-hybridized carbons (Fsp3) is 0.300. The summed E-state index contributed by atoms with van der Waals surface area (Å²) >= 11 is 5.96. The average molecular weight is 467 g/mol. The molecule has 2 aromatic carbocycles. The number of halogens is 4. The van der Waals surface area contributed by atoms with Crippen molar-refractivity contribution in [2.24, 2.45) is 0 Å². The topological polar surface area (TPSA) is 85.2 Å². The summed E-state index contributed by atoms with van der Waals surface area (Å²) in [4.78, 5) is 15.5. The number of carbonyl (C=O) groups is 1. The van der Waals surface area contributed by atoms with Crippen molar-refractivity contribution in [3.05, 3.63) is 53.1 Å². The van der Waals surface area contributed by atoms with Gasteiger partial charge in [0.05, 0.1) is 30.2 Å². The summed E-state index contributed by atoms with van der Waals surface area (Å²) in [7, 11) is 0. The molecule has 8 nitrogen and oxygen atoms in total. The molecule has 1 aliphatic rings. The SMILES string of the molecule is O=C(Cn1nnc(-c2cccc(Cl)c2)n1)Nc1cc(C(F)(F)F)ccc1N1CCOCC1. The van der Waals surface area contributed by atoms with E-state index < -0.39 is 17.6 Å². The molecule has 0 saturated carbocycles. The molecule has 2 heterocycles. The predicted octanol–water partition coefficient (Wildman–Crippen LogP) is 3.49. The highest BCUT2D eigenvalue weighted by Gasteiger charge is 2.32. The van der Waals surface area contributed by atoms with Gasteiger partial charge in [0, 0.05) is 23.7 Å². The highest BCUT2D eigenvalue weighted by molar-refractivity contribution is 6.30. The Morgan fingerprint density at radius 3 is 2.66 bits per heavy atom. The van der Waals surface area contributed by atoms with E-state index in [1.165, 1.54) is 6.07 Å². The van der Waals surface area contributed by atoms with Crippen molar-refractivity contribution >= 4 is 28.9 Å². The molecule has 1 N–H and O–H groups in total. The van der Waals surface area contributed by atoms with Gasteiger partial charge in [-0.3, -0.25) is 4.79 Å².